The second kappa shape index (κ2) is 5.33. The third-order valence-electron chi connectivity index (χ3n) is 4.32. The van der Waals surface area contributed by atoms with Gasteiger partial charge in [0.2, 0.25) is 5.91 Å². The van der Waals surface area contributed by atoms with Crippen molar-refractivity contribution in [2.45, 2.75) is 31.1 Å². The summed E-state index contributed by atoms with van der Waals surface area (Å²) in [4.78, 5) is 12.4. The average molecular weight is 259 g/mol. The molecule has 0 spiro atoms. The molecule has 1 saturated heterocycles. The van der Waals surface area contributed by atoms with Crippen LogP contribution in [0.3, 0.4) is 0 Å². The van der Waals surface area contributed by atoms with Crippen LogP contribution in [0.1, 0.15) is 31.2 Å². The highest BCUT2D eigenvalue weighted by atomic mass is 16.5. The number of hydrogen-bond acceptors (Lipinski definition) is 2. The minimum atomic E-state index is -0.239. The van der Waals surface area contributed by atoms with E-state index in [1.54, 1.807) is 0 Å². The van der Waals surface area contributed by atoms with Crippen molar-refractivity contribution in [3.8, 4) is 0 Å². The van der Waals surface area contributed by atoms with E-state index < -0.39 is 0 Å². The standard InChI is InChI=1S/C16H21NO2/c18-15(17-11-13-5-4-10-19-12-13)16(8-9-16)14-6-2-1-3-7-14/h1-3,6-7,13H,4-5,8-12H2,(H,17,18)/t13-/m0/s1. The Morgan fingerprint density at radius 2 is 2.11 bits per heavy atom. The van der Waals surface area contributed by atoms with Gasteiger partial charge in [0.1, 0.15) is 0 Å². The Bertz CT molecular complexity index is 433. The first kappa shape index (κ1) is 12.7. The van der Waals surface area contributed by atoms with E-state index in [-0.39, 0.29) is 11.3 Å². The lowest BCUT2D eigenvalue weighted by molar-refractivity contribution is -0.124. The van der Waals surface area contributed by atoms with E-state index in [2.05, 4.69) is 17.4 Å². The summed E-state index contributed by atoms with van der Waals surface area (Å²) < 4.78 is 5.45. The first-order valence-electron chi connectivity index (χ1n) is 7.23. The molecule has 1 amide bonds. The Morgan fingerprint density at radius 3 is 2.74 bits per heavy atom. The Balaban J connectivity index is 1.58. The van der Waals surface area contributed by atoms with Crippen LogP contribution in [0.2, 0.25) is 0 Å². The van der Waals surface area contributed by atoms with Gasteiger partial charge in [0.05, 0.1) is 12.0 Å². The van der Waals surface area contributed by atoms with Crippen LogP contribution in [-0.2, 0) is 14.9 Å². The molecule has 102 valence electrons. The predicted octanol–water partition coefficient (Wildman–Crippen LogP) is 2.26. The molecule has 1 heterocycles. The summed E-state index contributed by atoms with van der Waals surface area (Å²) in [7, 11) is 0. The fourth-order valence-electron chi connectivity index (χ4n) is 2.90. The molecule has 0 unspecified atom stereocenters. The summed E-state index contributed by atoms with van der Waals surface area (Å²) in [6, 6.07) is 10.2. The Labute approximate surface area is 114 Å². The lowest BCUT2D eigenvalue weighted by atomic mass is 9.94. The number of hydrogen-bond donors (Lipinski definition) is 1. The molecule has 1 aliphatic heterocycles. The van der Waals surface area contributed by atoms with Crippen LogP contribution in [0.5, 0.6) is 0 Å². The van der Waals surface area contributed by atoms with E-state index in [1.807, 2.05) is 18.2 Å². The molecule has 0 radical (unpaired) electrons. The summed E-state index contributed by atoms with van der Waals surface area (Å²) in [5.41, 5.74) is 0.920. The van der Waals surface area contributed by atoms with Gasteiger partial charge in [-0.2, -0.15) is 0 Å². The van der Waals surface area contributed by atoms with E-state index in [4.69, 9.17) is 4.74 Å². The molecular weight excluding hydrogens is 238 g/mol. The maximum Gasteiger partial charge on any atom is 0.230 e. The van der Waals surface area contributed by atoms with Crippen molar-refractivity contribution in [1.82, 2.24) is 5.32 Å². The van der Waals surface area contributed by atoms with Gasteiger partial charge in [-0.15, -0.1) is 0 Å². The topological polar surface area (TPSA) is 38.3 Å². The summed E-state index contributed by atoms with van der Waals surface area (Å²) >= 11 is 0. The highest BCUT2D eigenvalue weighted by molar-refractivity contribution is 5.91. The number of carbonyl (C=O) groups is 1. The molecular formula is C16H21NO2. The first-order valence-corrected chi connectivity index (χ1v) is 7.23. The number of amides is 1. The van der Waals surface area contributed by atoms with Crippen molar-refractivity contribution in [3.05, 3.63) is 35.9 Å². The molecule has 0 aromatic heterocycles. The number of ether oxygens (including phenoxy) is 1. The SMILES string of the molecule is O=C(NC[C@@H]1CCCOC1)C1(c2ccccc2)CC1. The molecule has 1 aliphatic carbocycles. The van der Waals surface area contributed by atoms with Crippen LogP contribution in [-0.4, -0.2) is 25.7 Å². The van der Waals surface area contributed by atoms with Crippen molar-refractivity contribution in [2.24, 2.45) is 5.92 Å². The molecule has 19 heavy (non-hydrogen) atoms. The molecule has 3 heteroatoms. The summed E-state index contributed by atoms with van der Waals surface area (Å²) in [6.45, 7) is 2.42. The lowest BCUT2D eigenvalue weighted by Gasteiger charge is -2.23. The largest absolute Gasteiger partial charge is 0.381 e. The second-order valence-corrected chi connectivity index (χ2v) is 5.74. The fraction of sp³-hybridized carbons (Fsp3) is 0.562. The minimum absolute atomic E-state index is 0.198. The molecule has 2 fully saturated rings. The van der Waals surface area contributed by atoms with E-state index in [1.165, 1.54) is 6.42 Å². The van der Waals surface area contributed by atoms with E-state index in [0.29, 0.717) is 5.92 Å². The lowest BCUT2D eigenvalue weighted by Crippen LogP contribution is -2.39. The smallest absolute Gasteiger partial charge is 0.230 e. The Morgan fingerprint density at radius 1 is 1.32 bits per heavy atom. The van der Waals surface area contributed by atoms with Crippen LogP contribution < -0.4 is 5.32 Å². The van der Waals surface area contributed by atoms with Crippen molar-refractivity contribution in [2.75, 3.05) is 19.8 Å². The zero-order valence-electron chi connectivity index (χ0n) is 11.2. The molecule has 0 bridgehead atoms. The molecule has 1 aromatic rings. The van der Waals surface area contributed by atoms with Crippen LogP contribution in [0.25, 0.3) is 0 Å². The first-order chi connectivity index (χ1) is 9.31. The molecule has 1 atom stereocenters. The monoisotopic (exact) mass is 259 g/mol. The van der Waals surface area contributed by atoms with Crippen molar-refractivity contribution in [3.63, 3.8) is 0 Å². The maximum absolute atomic E-state index is 12.4. The normalized spacial score (nSPS) is 24.7. The van der Waals surface area contributed by atoms with Gasteiger partial charge < -0.3 is 10.1 Å². The van der Waals surface area contributed by atoms with Crippen LogP contribution >= 0.6 is 0 Å². The highest BCUT2D eigenvalue weighted by Crippen LogP contribution is 2.48. The van der Waals surface area contributed by atoms with Gasteiger partial charge in [0, 0.05) is 13.2 Å². The quantitative estimate of drug-likeness (QED) is 0.900. The summed E-state index contributed by atoms with van der Waals surface area (Å²) in [6.07, 6.45) is 4.23. The van der Waals surface area contributed by atoms with Gasteiger partial charge in [0.15, 0.2) is 0 Å². The number of carbonyl (C=O) groups excluding carboxylic acids is 1. The molecule has 3 rings (SSSR count). The van der Waals surface area contributed by atoms with Gasteiger partial charge in [-0.1, -0.05) is 30.3 Å². The maximum atomic E-state index is 12.4. The molecule has 2 aliphatic rings. The van der Waals surface area contributed by atoms with Crippen molar-refractivity contribution < 1.29 is 9.53 Å². The Kier molecular flexibility index (Phi) is 3.56. The van der Waals surface area contributed by atoms with Gasteiger partial charge in [-0.05, 0) is 37.2 Å². The third kappa shape index (κ3) is 2.66. The number of benzene rings is 1. The third-order valence-corrected chi connectivity index (χ3v) is 4.32. The number of rotatable bonds is 4. The van der Waals surface area contributed by atoms with E-state index >= 15 is 0 Å². The zero-order valence-corrected chi connectivity index (χ0v) is 11.2. The summed E-state index contributed by atoms with van der Waals surface area (Å²) in [5, 5.41) is 3.13. The highest BCUT2D eigenvalue weighted by Gasteiger charge is 2.51. The predicted molar refractivity (Wildman–Crippen MR) is 73.9 cm³/mol. The second-order valence-electron chi connectivity index (χ2n) is 5.74. The van der Waals surface area contributed by atoms with Crippen molar-refractivity contribution >= 4 is 5.91 Å². The van der Waals surface area contributed by atoms with Crippen LogP contribution in [0.15, 0.2) is 30.3 Å². The summed E-state index contributed by atoms with van der Waals surface area (Å²) in [5.74, 6) is 0.688. The van der Waals surface area contributed by atoms with Crippen LogP contribution in [0.4, 0.5) is 0 Å². The minimum Gasteiger partial charge on any atom is -0.381 e. The van der Waals surface area contributed by atoms with E-state index in [9.17, 15) is 4.79 Å². The average Bonchev–Trinajstić information content (AvgIpc) is 3.28. The Hall–Kier alpha value is -1.35. The van der Waals surface area contributed by atoms with Gasteiger partial charge in [-0.25, -0.2) is 0 Å². The number of nitrogens with one attached hydrogen (secondary N) is 1. The molecule has 3 nitrogen and oxygen atoms in total. The van der Waals surface area contributed by atoms with Gasteiger partial charge >= 0.3 is 0 Å². The van der Waals surface area contributed by atoms with E-state index in [0.717, 1.165) is 44.6 Å². The van der Waals surface area contributed by atoms with Crippen molar-refractivity contribution in [1.29, 1.82) is 0 Å². The molecule has 1 N–H and O–H groups in total. The van der Waals surface area contributed by atoms with Gasteiger partial charge in [-0.3, -0.25) is 4.79 Å². The zero-order chi connectivity index (χ0) is 13.1. The van der Waals surface area contributed by atoms with Crippen LogP contribution in [0, 0.1) is 5.92 Å². The fourth-order valence-corrected chi connectivity index (χ4v) is 2.90. The molecule has 1 saturated carbocycles. The molecule has 1 aromatic carbocycles. The van der Waals surface area contributed by atoms with Gasteiger partial charge in [0.25, 0.3) is 0 Å².